The van der Waals surface area contributed by atoms with E-state index in [1.165, 1.54) is 17.7 Å². The van der Waals surface area contributed by atoms with Gasteiger partial charge in [-0.25, -0.2) is 0 Å². The first-order valence-corrected chi connectivity index (χ1v) is 8.18. The predicted octanol–water partition coefficient (Wildman–Crippen LogP) is 3.90. The van der Waals surface area contributed by atoms with Gasteiger partial charge in [0.1, 0.15) is 0 Å². The zero-order valence-electron chi connectivity index (χ0n) is 12.8. The maximum atomic E-state index is 4.66. The molecule has 0 spiro atoms. The summed E-state index contributed by atoms with van der Waals surface area (Å²) < 4.78 is 0. The van der Waals surface area contributed by atoms with Gasteiger partial charge in [0.25, 0.3) is 0 Å². The molecule has 0 amide bonds. The quantitative estimate of drug-likeness (QED) is 0.296. The summed E-state index contributed by atoms with van der Waals surface area (Å²) in [5, 5.41) is 8.82. The molecule has 1 atom stereocenters. The molecule has 1 aromatic rings. The molecule has 1 rings (SSSR count). The average molecular weight is 409 g/mol. The van der Waals surface area contributed by atoms with Crippen LogP contribution in [0.3, 0.4) is 0 Å². The summed E-state index contributed by atoms with van der Waals surface area (Å²) in [6, 6.07) is 4.32. The number of unbranched alkanes of at least 4 members (excludes halogenated alkanes) is 1. The van der Waals surface area contributed by atoms with Gasteiger partial charge in [-0.2, -0.15) is 0 Å². The number of thiophene rings is 1. The van der Waals surface area contributed by atoms with Crippen LogP contribution in [0.4, 0.5) is 0 Å². The first kappa shape index (κ1) is 19.7. The molecule has 0 saturated carbocycles. The van der Waals surface area contributed by atoms with Gasteiger partial charge in [0.05, 0.1) is 0 Å². The van der Waals surface area contributed by atoms with Crippen LogP contribution in [-0.2, 0) is 6.42 Å². The van der Waals surface area contributed by atoms with Crippen molar-refractivity contribution in [3.63, 3.8) is 0 Å². The molecular formula is C15H28IN3S. The van der Waals surface area contributed by atoms with Crippen LogP contribution >= 0.6 is 35.3 Å². The topological polar surface area (TPSA) is 36.4 Å². The van der Waals surface area contributed by atoms with Crippen LogP contribution in [0.2, 0.25) is 0 Å². The summed E-state index contributed by atoms with van der Waals surface area (Å²) in [5.74, 6) is 1.54. The number of hydrogen-bond acceptors (Lipinski definition) is 2. The van der Waals surface area contributed by atoms with E-state index in [1.54, 1.807) is 0 Å². The minimum absolute atomic E-state index is 0. The molecule has 116 valence electrons. The molecule has 5 heteroatoms. The number of nitrogens with zero attached hydrogens (tertiary/aromatic N) is 1. The monoisotopic (exact) mass is 409 g/mol. The summed E-state index contributed by atoms with van der Waals surface area (Å²) in [7, 11) is 0. The van der Waals surface area contributed by atoms with Gasteiger partial charge in [0.2, 0.25) is 0 Å². The Morgan fingerprint density at radius 3 is 2.75 bits per heavy atom. The lowest BCUT2D eigenvalue weighted by atomic mass is 10.1. The summed E-state index contributed by atoms with van der Waals surface area (Å²) in [6.07, 6.45) is 3.52. The molecule has 0 radical (unpaired) electrons. The Bertz CT molecular complexity index is 352. The third-order valence-electron chi connectivity index (χ3n) is 2.86. The van der Waals surface area contributed by atoms with Crippen LogP contribution in [0, 0.1) is 5.92 Å². The second-order valence-corrected chi connectivity index (χ2v) is 5.92. The number of guanidine groups is 1. The van der Waals surface area contributed by atoms with Crippen LogP contribution in [0.5, 0.6) is 0 Å². The average Bonchev–Trinajstić information content (AvgIpc) is 2.89. The van der Waals surface area contributed by atoms with E-state index < -0.39 is 0 Å². The van der Waals surface area contributed by atoms with Crippen LogP contribution < -0.4 is 10.6 Å². The number of nitrogens with one attached hydrogen (secondary N) is 2. The van der Waals surface area contributed by atoms with Crippen LogP contribution in [0.25, 0.3) is 0 Å². The van der Waals surface area contributed by atoms with Gasteiger partial charge < -0.3 is 10.6 Å². The molecule has 0 fully saturated rings. The number of rotatable bonds is 8. The summed E-state index contributed by atoms with van der Waals surface area (Å²) in [4.78, 5) is 6.12. The van der Waals surface area contributed by atoms with E-state index in [0.29, 0.717) is 5.92 Å². The summed E-state index contributed by atoms with van der Waals surface area (Å²) >= 11 is 1.83. The molecule has 20 heavy (non-hydrogen) atoms. The van der Waals surface area contributed by atoms with Gasteiger partial charge in [-0.3, -0.25) is 4.99 Å². The van der Waals surface area contributed by atoms with E-state index in [0.717, 1.165) is 32.0 Å². The Morgan fingerprint density at radius 1 is 1.35 bits per heavy atom. The molecule has 0 aliphatic heterocycles. The molecule has 2 N–H and O–H groups in total. The minimum atomic E-state index is 0. The third kappa shape index (κ3) is 8.79. The van der Waals surface area contributed by atoms with E-state index in [1.807, 2.05) is 11.3 Å². The van der Waals surface area contributed by atoms with Crippen molar-refractivity contribution in [1.82, 2.24) is 10.6 Å². The Kier molecular flexibility index (Phi) is 12.3. The van der Waals surface area contributed by atoms with Crippen molar-refractivity contribution in [3.05, 3.63) is 22.4 Å². The second kappa shape index (κ2) is 12.4. The molecule has 3 nitrogen and oxygen atoms in total. The van der Waals surface area contributed by atoms with E-state index in [4.69, 9.17) is 0 Å². The van der Waals surface area contributed by atoms with Crippen molar-refractivity contribution in [3.8, 4) is 0 Å². The van der Waals surface area contributed by atoms with Gasteiger partial charge in [-0.1, -0.05) is 26.3 Å². The summed E-state index contributed by atoms with van der Waals surface area (Å²) in [6.45, 7) is 9.36. The first-order chi connectivity index (χ1) is 9.26. The summed E-state index contributed by atoms with van der Waals surface area (Å²) in [5.41, 5.74) is 0. The van der Waals surface area contributed by atoms with E-state index >= 15 is 0 Å². The van der Waals surface area contributed by atoms with Crippen molar-refractivity contribution in [2.45, 2.75) is 40.0 Å². The van der Waals surface area contributed by atoms with Crippen molar-refractivity contribution in [1.29, 1.82) is 0 Å². The first-order valence-electron chi connectivity index (χ1n) is 7.30. The highest BCUT2D eigenvalue weighted by Crippen LogP contribution is 2.14. The Balaban J connectivity index is 0.00000361. The molecule has 1 unspecified atom stereocenters. The zero-order valence-corrected chi connectivity index (χ0v) is 16.0. The van der Waals surface area contributed by atoms with Crippen molar-refractivity contribution < 1.29 is 0 Å². The largest absolute Gasteiger partial charge is 0.357 e. The van der Waals surface area contributed by atoms with Crippen LogP contribution in [0.15, 0.2) is 22.5 Å². The lowest BCUT2D eigenvalue weighted by molar-refractivity contribution is 0.594. The maximum Gasteiger partial charge on any atom is 0.191 e. The highest BCUT2D eigenvalue weighted by Gasteiger charge is 2.04. The Labute approximate surface area is 144 Å². The van der Waals surface area contributed by atoms with Gasteiger partial charge in [0, 0.05) is 24.5 Å². The Hall–Kier alpha value is -0.300. The lowest BCUT2D eigenvalue weighted by Crippen LogP contribution is -2.38. The minimum Gasteiger partial charge on any atom is -0.357 e. The number of halogens is 1. The van der Waals surface area contributed by atoms with Crippen LogP contribution in [-0.4, -0.2) is 25.6 Å². The third-order valence-corrected chi connectivity index (χ3v) is 3.76. The van der Waals surface area contributed by atoms with Crippen molar-refractivity contribution >= 4 is 41.3 Å². The van der Waals surface area contributed by atoms with E-state index in [2.05, 4.69) is 53.9 Å². The lowest BCUT2D eigenvalue weighted by Gasteiger charge is -2.12. The normalized spacial score (nSPS) is 12.7. The van der Waals surface area contributed by atoms with Crippen molar-refractivity contribution in [2.24, 2.45) is 10.9 Å². The highest BCUT2D eigenvalue weighted by atomic mass is 127. The second-order valence-electron chi connectivity index (χ2n) is 4.89. The standard InChI is InChI=1S/C15H27N3S.HI/c1-4-6-9-17-15(16-5-2)18-12-13(3)11-14-8-7-10-19-14;/h7-8,10,13H,4-6,9,11-12H2,1-3H3,(H2,16,17,18);1H. The zero-order chi connectivity index (χ0) is 13.9. The molecule has 1 aromatic heterocycles. The van der Waals surface area contributed by atoms with Gasteiger partial charge in [-0.15, -0.1) is 35.3 Å². The van der Waals surface area contributed by atoms with E-state index in [-0.39, 0.29) is 24.0 Å². The maximum absolute atomic E-state index is 4.66. The van der Waals surface area contributed by atoms with E-state index in [9.17, 15) is 0 Å². The Morgan fingerprint density at radius 2 is 2.15 bits per heavy atom. The molecule has 0 aliphatic rings. The molecular weight excluding hydrogens is 381 g/mol. The smallest absolute Gasteiger partial charge is 0.191 e. The highest BCUT2D eigenvalue weighted by molar-refractivity contribution is 14.0. The van der Waals surface area contributed by atoms with Gasteiger partial charge in [-0.05, 0) is 37.1 Å². The predicted molar refractivity (Wildman–Crippen MR) is 101 cm³/mol. The molecule has 1 heterocycles. The number of hydrogen-bond donors (Lipinski definition) is 2. The van der Waals surface area contributed by atoms with Crippen LogP contribution in [0.1, 0.15) is 38.5 Å². The number of aliphatic imine (C=N–C) groups is 1. The fraction of sp³-hybridized carbons (Fsp3) is 0.667. The fourth-order valence-electron chi connectivity index (χ4n) is 1.81. The molecule has 0 aromatic carbocycles. The van der Waals surface area contributed by atoms with Gasteiger partial charge >= 0.3 is 0 Å². The fourth-order valence-corrected chi connectivity index (χ4v) is 2.68. The van der Waals surface area contributed by atoms with Gasteiger partial charge in [0.15, 0.2) is 5.96 Å². The molecule has 0 bridgehead atoms. The van der Waals surface area contributed by atoms with Crippen molar-refractivity contribution in [2.75, 3.05) is 19.6 Å². The molecule has 0 aliphatic carbocycles. The molecule has 0 saturated heterocycles. The SMILES string of the molecule is CCCCNC(=NCC(C)Cc1cccs1)NCC.I.